The molecule has 1 fully saturated rings. The van der Waals surface area contributed by atoms with Crippen molar-refractivity contribution in [2.45, 2.75) is 51.7 Å². The number of hydrogen-bond acceptors (Lipinski definition) is 5. The van der Waals surface area contributed by atoms with Crippen LogP contribution in [0.25, 0.3) is 11.3 Å². The van der Waals surface area contributed by atoms with Gasteiger partial charge in [0.05, 0.1) is 18.8 Å². The Morgan fingerprint density at radius 3 is 2.46 bits per heavy atom. The van der Waals surface area contributed by atoms with Gasteiger partial charge in [0, 0.05) is 74.5 Å². The van der Waals surface area contributed by atoms with Crippen LogP contribution in [0.2, 0.25) is 0 Å². The zero-order chi connectivity index (χ0) is 33.2. The zero-order valence-corrected chi connectivity index (χ0v) is 28.5. The fraction of sp³-hybridized carbons (Fsp3) is 0.400. The van der Waals surface area contributed by atoms with E-state index in [0.29, 0.717) is 17.7 Å². The number of anilines is 1. The van der Waals surface area contributed by atoms with E-state index >= 15 is 0 Å². The van der Waals surface area contributed by atoms with Gasteiger partial charge in [0.15, 0.2) is 0 Å². The Hall–Kier alpha value is -4.24. The zero-order valence-electron chi connectivity index (χ0n) is 28.5. The van der Waals surface area contributed by atoms with Gasteiger partial charge >= 0.3 is 0 Å². The summed E-state index contributed by atoms with van der Waals surface area (Å²) in [6.45, 7) is 8.82. The standard InChI is InChI=1S/C40H47N5O3/c1-28-35(39(46)43(3)33-12-5-4-6-13-33)25-38(42(28)2)36-23-30-15-16-41-26-32(30)24-37(36)40(47)45-27-31-11-8-7-10-29(31)22-34(45)14-9-17-44-18-20-48-21-19-44/h4-8,10-13,23-25,34,41H,9,14-22,26-27H2,1-3H3/t34-/m1/s1. The van der Waals surface area contributed by atoms with Crippen molar-refractivity contribution in [1.82, 2.24) is 19.7 Å². The number of para-hydroxylation sites is 1. The van der Waals surface area contributed by atoms with Gasteiger partial charge in [0.25, 0.3) is 11.8 Å². The number of nitrogens with one attached hydrogen (secondary N) is 1. The van der Waals surface area contributed by atoms with Gasteiger partial charge in [0.1, 0.15) is 0 Å². The number of rotatable bonds is 8. The smallest absolute Gasteiger partial charge is 0.259 e. The number of benzene rings is 3. The van der Waals surface area contributed by atoms with E-state index in [1.165, 1.54) is 22.3 Å². The number of amides is 2. The number of morpholine rings is 1. The lowest BCUT2D eigenvalue weighted by Gasteiger charge is -2.38. The summed E-state index contributed by atoms with van der Waals surface area (Å²) in [5.41, 5.74) is 9.88. The van der Waals surface area contributed by atoms with Crippen LogP contribution in [0.1, 0.15) is 61.5 Å². The van der Waals surface area contributed by atoms with Crippen molar-refractivity contribution < 1.29 is 14.3 Å². The maximum atomic E-state index is 15.0. The molecule has 8 nitrogen and oxygen atoms in total. The van der Waals surface area contributed by atoms with Crippen LogP contribution >= 0.6 is 0 Å². The molecule has 0 aliphatic carbocycles. The lowest BCUT2D eigenvalue weighted by atomic mass is 9.88. The predicted octanol–water partition coefficient (Wildman–Crippen LogP) is 5.60. The van der Waals surface area contributed by atoms with E-state index in [2.05, 4.69) is 56.1 Å². The lowest BCUT2D eigenvalue weighted by Crippen LogP contribution is -2.45. The van der Waals surface area contributed by atoms with Gasteiger partial charge in [0.2, 0.25) is 0 Å². The van der Waals surface area contributed by atoms with Crippen LogP contribution in [0, 0.1) is 6.92 Å². The number of ether oxygens (including phenoxy) is 1. The summed E-state index contributed by atoms with van der Waals surface area (Å²) in [6.07, 6.45) is 3.76. The van der Waals surface area contributed by atoms with Gasteiger partial charge in [-0.2, -0.15) is 0 Å². The summed E-state index contributed by atoms with van der Waals surface area (Å²) in [6, 6.07) is 24.8. The quantitative estimate of drug-likeness (QED) is 0.270. The van der Waals surface area contributed by atoms with Crippen molar-refractivity contribution in [2.24, 2.45) is 7.05 Å². The number of nitrogens with zero attached hydrogens (tertiary/aromatic N) is 4. The Labute approximate surface area is 284 Å². The second kappa shape index (κ2) is 14.1. The SMILES string of the molecule is Cc1c(C(=O)N(C)c2ccccc2)cc(-c2cc3c(cc2C(=O)N2Cc4ccccc4C[C@H]2CCCN2CCOCC2)CNCC3)n1C. The highest BCUT2D eigenvalue weighted by molar-refractivity contribution is 6.08. The summed E-state index contributed by atoms with van der Waals surface area (Å²) in [4.78, 5) is 35.2. The van der Waals surface area contributed by atoms with E-state index in [4.69, 9.17) is 4.74 Å². The highest BCUT2D eigenvalue weighted by atomic mass is 16.5. The first-order chi connectivity index (χ1) is 23.4. The molecule has 3 aromatic carbocycles. The van der Waals surface area contributed by atoms with Gasteiger partial charge < -0.3 is 24.4 Å². The Bertz CT molecular complexity index is 1790. The van der Waals surface area contributed by atoms with Crippen molar-refractivity contribution in [2.75, 3.05) is 51.3 Å². The molecule has 0 unspecified atom stereocenters. The van der Waals surface area contributed by atoms with Gasteiger partial charge in [-0.3, -0.25) is 14.5 Å². The molecular formula is C40H47N5O3. The Kier molecular flexibility index (Phi) is 9.48. The Morgan fingerprint density at radius 2 is 1.67 bits per heavy atom. The summed E-state index contributed by atoms with van der Waals surface area (Å²) in [5.74, 6) is 0.000869. The molecule has 2 amide bonds. The molecule has 3 aliphatic heterocycles. The molecule has 4 heterocycles. The lowest BCUT2D eigenvalue weighted by molar-refractivity contribution is 0.0353. The minimum absolute atomic E-state index is 0.0662. The minimum Gasteiger partial charge on any atom is -0.379 e. The molecule has 4 aromatic rings. The summed E-state index contributed by atoms with van der Waals surface area (Å²) in [7, 11) is 3.82. The van der Waals surface area contributed by atoms with Crippen molar-refractivity contribution in [3.05, 3.63) is 112 Å². The summed E-state index contributed by atoms with van der Waals surface area (Å²) < 4.78 is 7.64. The molecule has 8 heteroatoms. The van der Waals surface area contributed by atoms with E-state index in [0.717, 1.165) is 94.3 Å². The molecule has 0 radical (unpaired) electrons. The van der Waals surface area contributed by atoms with Crippen LogP contribution in [0.3, 0.4) is 0 Å². The molecule has 250 valence electrons. The number of fused-ring (bicyclic) bond motifs is 2. The van der Waals surface area contributed by atoms with Crippen LogP contribution < -0.4 is 10.2 Å². The molecule has 1 saturated heterocycles. The summed E-state index contributed by atoms with van der Waals surface area (Å²) >= 11 is 0. The van der Waals surface area contributed by atoms with E-state index in [1.54, 1.807) is 4.90 Å². The van der Waals surface area contributed by atoms with Crippen LogP contribution in [0.5, 0.6) is 0 Å². The molecule has 3 aliphatic rings. The second-order valence-electron chi connectivity index (χ2n) is 13.5. The third-order valence-electron chi connectivity index (χ3n) is 10.7. The monoisotopic (exact) mass is 645 g/mol. The molecular weight excluding hydrogens is 598 g/mol. The van der Waals surface area contributed by atoms with Gasteiger partial charge in [-0.15, -0.1) is 0 Å². The van der Waals surface area contributed by atoms with Crippen LogP contribution in [0.4, 0.5) is 5.69 Å². The second-order valence-corrected chi connectivity index (χ2v) is 13.5. The van der Waals surface area contributed by atoms with E-state index in [-0.39, 0.29) is 17.9 Å². The maximum absolute atomic E-state index is 15.0. The first kappa shape index (κ1) is 32.3. The molecule has 0 saturated carbocycles. The van der Waals surface area contributed by atoms with Crippen molar-refractivity contribution in [3.63, 3.8) is 0 Å². The average Bonchev–Trinajstić information content (AvgIpc) is 3.43. The third-order valence-corrected chi connectivity index (χ3v) is 10.7. The number of carbonyl (C=O) groups is 2. The molecule has 1 atom stereocenters. The number of hydrogen-bond donors (Lipinski definition) is 1. The maximum Gasteiger partial charge on any atom is 0.259 e. The van der Waals surface area contributed by atoms with E-state index < -0.39 is 0 Å². The first-order valence-corrected chi connectivity index (χ1v) is 17.4. The average molecular weight is 646 g/mol. The first-order valence-electron chi connectivity index (χ1n) is 17.4. The fourth-order valence-electron chi connectivity index (χ4n) is 7.66. The third kappa shape index (κ3) is 6.44. The molecule has 48 heavy (non-hydrogen) atoms. The molecule has 1 N–H and O–H groups in total. The number of aromatic nitrogens is 1. The van der Waals surface area contributed by atoms with Crippen molar-refractivity contribution in [3.8, 4) is 11.3 Å². The topological polar surface area (TPSA) is 70.1 Å². The van der Waals surface area contributed by atoms with Gasteiger partial charge in [-0.1, -0.05) is 42.5 Å². The molecule has 0 spiro atoms. The van der Waals surface area contributed by atoms with Crippen LogP contribution in [0.15, 0.2) is 72.8 Å². The molecule has 7 rings (SSSR count). The van der Waals surface area contributed by atoms with Gasteiger partial charge in [-0.05, 0) is 98.3 Å². The predicted molar refractivity (Wildman–Crippen MR) is 190 cm³/mol. The van der Waals surface area contributed by atoms with Crippen LogP contribution in [-0.2, 0) is 37.7 Å². The highest BCUT2D eigenvalue weighted by Crippen LogP contribution is 2.35. The minimum atomic E-state index is -0.0662. The van der Waals surface area contributed by atoms with Gasteiger partial charge in [-0.25, -0.2) is 0 Å². The Balaban J connectivity index is 1.24. The van der Waals surface area contributed by atoms with E-state index in [9.17, 15) is 9.59 Å². The Morgan fingerprint density at radius 1 is 0.917 bits per heavy atom. The fourth-order valence-corrected chi connectivity index (χ4v) is 7.66. The molecule has 1 aromatic heterocycles. The van der Waals surface area contributed by atoms with Crippen molar-refractivity contribution in [1.29, 1.82) is 0 Å². The molecule has 0 bridgehead atoms. The highest BCUT2D eigenvalue weighted by Gasteiger charge is 2.33. The normalized spacial score (nSPS) is 17.9. The largest absolute Gasteiger partial charge is 0.379 e. The van der Waals surface area contributed by atoms with E-state index in [1.807, 2.05) is 57.4 Å². The van der Waals surface area contributed by atoms with Crippen LogP contribution in [-0.4, -0.2) is 78.7 Å². The number of carbonyl (C=O) groups excluding carboxylic acids is 2. The van der Waals surface area contributed by atoms with Crippen molar-refractivity contribution >= 4 is 17.5 Å². The summed E-state index contributed by atoms with van der Waals surface area (Å²) in [5, 5.41) is 3.50.